The van der Waals surface area contributed by atoms with E-state index in [1.165, 1.54) is 0 Å². The van der Waals surface area contributed by atoms with Gasteiger partial charge in [-0.15, -0.1) is 0 Å². The zero-order valence-corrected chi connectivity index (χ0v) is 9.29. The van der Waals surface area contributed by atoms with Crippen LogP contribution >= 0.6 is 0 Å². The highest BCUT2D eigenvalue weighted by Crippen LogP contribution is 2.61. The fraction of sp³-hybridized carbons (Fsp3) is 0.700. The quantitative estimate of drug-likeness (QED) is 0.603. The number of carbonyl (C=O) groups excluding carboxylic acids is 1. The summed E-state index contributed by atoms with van der Waals surface area (Å²) in [6, 6.07) is 0. The van der Waals surface area contributed by atoms with Crippen LogP contribution in [0.25, 0.3) is 0 Å². The normalized spacial score (nSPS) is 38.4. The molecule has 0 unspecified atom stereocenters. The van der Waals surface area contributed by atoms with Crippen molar-refractivity contribution in [3.63, 3.8) is 0 Å². The van der Waals surface area contributed by atoms with Crippen molar-refractivity contribution in [2.24, 2.45) is 23.5 Å². The van der Waals surface area contributed by atoms with E-state index in [1.54, 1.807) is 0 Å². The number of carboxylic acids is 1. The number of hydrogen-bond donors (Lipinski definition) is 3. The fourth-order valence-electron chi connectivity index (χ4n) is 2.99. The zero-order chi connectivity index (χ0) is 13.0. The molecule has 0 spiro atoms. The predicted molar refractivity (Wildman–Crippen MR) is 55.1 cm³/mol. The summed E-state index contributed by atoms with van der Waals surface area (Å²) in [5, 5.41) is 17.7. The molecule has 0 aromatic heterocycles. The number of nitrogens with two attached hydrogens (primary N) is 1. The average molecular weight is 242 g/mol. The van der Waals surface area contributed by atoms with Crippen LogP contribution in [0.4, 0.5) is 4.79 Å². The maximum atomic E-state index is 11.9. The molecule has 7 heteroatoms. The van der Waals surface area contributed by atoms with Gasteiger partial charge in [0.25, 0.3) is 5.91 Å². The third kappa shape index (κ3) is 1.49. The van der Waals surface area contributed by atoms with Gasteiger partial charge >= 0.3 is 12.1 Å². The van der Waals surface area contributed by atoms with Gasteiger partial charge < -0.3 is 15.9 Å². The second-order valence-electron chi connectivity index (χ2n) is 4.78. The average Bonchev–Trinajstić information content (AvgIpc) is 2.90. The number of aliphatic carboxylic acids is 1. The standard InChI is InChI=1S/C10H14N2O5/c1-12(9(16)17)8(15)10(11)3-2-4-5(6(4)10)7(13)14/h4-6H,2-3,11H2,1H3,(H,13,14)(H,16,17)/t4-,5-,6-,10-/m0/s1. The van der Waals surface area contributed by atoms with Crippen LogP contribution < -0.4 is 5.73 Å². The lowest BCUT2D eigenvalue weighted by molar-refractivity contribution is -0.140. The Labute approximate surface area is 97.2 Å². The van der Waals surface area contributed by atoms with Crippen LogP contribution in [0.15, 0.2) is 0 Å². The molecule has 4 N–H and O–H groups in total. The van der Waals surface area contributed by atoms with E-state index in [2.05, 4.69) is 0 Å². The smallest absolute Gasteiger partial charge is 0.413 e. The highest BCUT2D eigenvalue weighted by molar-refractivity contribution is 5.98. The second kappa shape index (κ2) is 3.43. The molecular weight excluding hydrogens is 228 g/mol. The number of likely N-dealkylation sites (N-methyl/N-ethyl adjacent to an activating group) is 1. The Morgan fingerprint density at radius 2 is 1.94 bits per heavy atom. The molecule has 0 bridgehead atoms. The molecule has 94 valence electrons. The van der Waals surface area contributed by atoms with Crippen LogP contribution in [0.1, 0.15) is 12.8 Å². The first-order valence-electron chi connectivity index (χ1n) is 5.33. The molecule has 4 atom stereocenters. The van der Waals surface area contributed by atoms with E-state index >= 15 is 0 Å². The summed E-state index contributed by atoms with van der Waals surface area (Å²) in [7, 11) is 1.13. The summed E-state index contributed by atoms with van der Waals surface area (Å²) >= 11 is 0. The number of nitrogens with zero attached hydrogens (tertiary/aromatic N) is 1. The lowest BCUT2D eigenvalue weighted by atomic mass is 9.90. The Morgan fingerprint density at radius 1 is 1.35 bits per heavy atom. The largest absolute Gasteiger partial charge is 0.481 e. The van der Waals surface area contributed by atoms with Crippen molar-refractivity contribution in [1.82, 2.24) is 4.90 Å². The van der Waals surface area contributed by atoms with Crippen molar-refractivity contribution in [3.05, 3.63) is 0 Å². The molecule has 0 heterocycles. The highest BCUT2D eigenvalue weighted by Gasteiger charge is 2.70. The Morgan fingerprint density at radius 3 is 2.35 bits per heavy atom. The van der Waals surface area contributed by atoms with Gasteiger partial charge in [-0.05, 0) is 18.8 Å². The summed E-state index contributed by atoms with van der Waals surface area (Å²) in [4.78, 5) is 34.1. The van der Waals surface area contributed by atoms with Gasteiger partial charge in [0, 0.05) is 13.0 Å². The van der Waals surface area contributed by atoms with E-state index in [-0.39, 0.29) is 5.92 Å². The van der Waals surface area contributed by atoms with Gasteiger partial charge in [0.15, 0.2) is 0 Å². The zero-order valence-electron chi connectivity index (χ0n) is 9.29. The van der Waals surface area contributed by atoms with E-state index < -0.39 is 35.3 Å². The van der Waals surface area contributed by atoms with Crippen LogP contribution in [0.3, 0.4) is 0 Å². The molecule has 0 aliphatic heterocycles. The first-order valence-corrected chi connectivity index (χ1v) is 5.33. The molecule has 0 aromatic carbocycles. The van der Waals surface area contributed by atoms with E-state index in [9.17, 15) is 14.4 Å². The Kier molecular flexibility index (Phi) is 2.39. The minimum absolute atomic E-state index is 0.0800. The van der Waals surface area contributed by atoms with E-state index in [0.717, 1.165) is 7.05 Å². The third-order valence-corrected chi connectivity index (χ3v) is 3.93. The lowest BCUT2D eigenvalue weighted by Crippen LogP contribution is -2.56. The summed E-state index contributed by atoms with van der Waals surface area (Å²) in [5.41, 5.74) is 4.60. The first-order chi connectivity index (χ1) is 7.80. The molecule has 2 fully saturated rings. The first kappa shape index (κ1) is 11.8. The molecule has 0 radical (unpaired) electrons. The molecular formula is C10H14N2O5. The second-order valence-corrected chi connectivity index (χ2v) is 4.78. The summed E-state index contributed by atoms with van der Waals surface area (Å²) in [5.74, 6) is -2.76. The molecule has 2 aliphatic rings. The molecule has 2 aliphatic carbocycles. The molecule has 0 saturated heterocycles. The van der Waals surface area contributed by atoms with Crippen molar-refractivity contribution in [3.8, 4) is 0 Å². The Bertz CT molecular complexity index is 410. The SMILES string of the molecule is CN(C(=O)O)C(=O)[C@]1(N)CC[C@H]2[C@H](C(=O)O)[C@H]21. The van der Waals surface area contributed by atoms with Crippen LogP contribution in [0.2, 0.25) is 0 Å². The number of rotatable bonds is 2. The molecule has 17 heavy (non-hydrogen) atoms. The number of imide groups is 1. The number of carboxylic acid groups (broad SMARTS) is 2. The van der Waals surface area contributed by atoms with Gasteiger partial charge in [0.05, 0.1) is 5.92 Å². The van der Waals surface area contributed by atoms with Crippen molar-refractivity contribution in [2.45, 2.75) is 18.4 Å². The number of carbonyl (C=O) groups is 3. The summed E-state index contributed by atoms with van der Waals surface area (Å²) < 4.78 is 0. The predicted octanol–water partition coefficient (Wildman–Crippen LogP) is -0.439. The minimum atomic E-state index is -1.38. The van der Waals surface area contributed by atoms with Crippen LogP contribution in [-0.4, -0.2) is 45.7 Å². The summed E-state index contributed by atoms with van der Waals surface area (Å²) in [6.45, 7) is 0. The van der Waals surface area contributed by atoms with Gasteiger partial charge in [-0.2, -0.15) is 0 Å². The van der Waals surface area contributed by atoms with Crippen molar-refractivity contribution >= 4 is 18.0 Å². The Balaban J connectivity index is 2.18. The van der Waals surface area contributed by atoms with Crippen molar-refractivity contribution in [1.29, 1.82) is 0 Å². The van der Waals surface area contributed by atoms with Gasteiger partial charge in [-0.25, -0.2) is 9.69 Å². The van der Waals surface area contributed by atoms with Crippen LogP contribution in [-0.2, 0) is 9.59 Å². The maximum Gasteiger partial charge on any atom is 0.413 e. The summed E-state index contributed by atoms with van der Waals surface area (Å²) in [6.07, 6.45) is -0.462. The van der Waals surface area contributed by atoms with E-state index in [0.29, 0.717) is 17.7 Å². The van der Waals surface area contributed by atoms with E-state index in [4.69, 9.17) is 15.9 Å². The third-order valence-electron chi connectivity index (χ3n) is 3.93. The maximum absolute atomic E-state index is 11.9. The molecule has 2 amide bonds. The van der Waals surface area contributed by atoms with Crippen LogP contribution in [0.5, 0.6) is 0 Å². The van der Waals surface area contributed by atoms with Gasteiger partial charge in [0.1, 0.15) is 5.54 Å². The minimum Gasteiger partial charge on any atom is -0.481 e. The number of amides is 2. The van der Waals surface area contributed by atoms with Gasteiger partial charge in [-0.3, -0.25) is 9.59 Å². The van der Waals surface area contributed by atoms with Gasteiger partial charge in [-0.1, -0.05) is 0 Å². The topological polar surface area (TPSA) is 121 Å². The molecule has 2 saturated carbocycles. The lowest BCUT2D eigenvalue weighted by Gasteiger charge is -2.28. The highest BCUT2D eigenvalue weighted by atomic mass is 16.4. The number of hydrogen-bond acceptors (Lipinski definition) is 4. The van der Waals surface area contributed by atoms with Gasteiger partial charge in [0.2, 0.25) is 0 Å². The monoisotopic (exact) mass is 242 g/mol. The fourth-order valence-corrected chi connectivity index (χ4v) is 2.99. The molecule has 0 aromatic rings. The van der Waals surface area contributed by atoms with Crippen molar-refractivity contribution in [2.75, 3.05) is 7.05 Å². The van der Waals surface area contributed by atoms with Crippen molar-refractivity contribution < 1.29 is 24.6 Å². The van der Waals surface area contributed by atoms with Crippen LogP contribution in [0, 0.1) is 17.8 Å². The number of fused-ring (bicyclic) bond motifs is 1. The van der Waals surface area contributed by atoms with E-state index in [1.807, 2.05) is 0 Å². The molecule has 2 rings (SSSR count). The Hall–Kier alpha value is -1.63. The molecule has 7 nitrogen and oxygen atoms in total.